The van der Waals surface area contributed by atoms with Gasteiger partial charge < -0.3 is 22.1 Å². The predicted octanol–water partition coefficient (Wildman–Crippen LogP) is 1.69. The van der Waals surface area contributed by atoms with E-state index >= 15 is 0 Å². The fourth-order valence-electron chi connectivity index (χ4n) is 2.33. The van der Waals surface area contributed by atoms with Gasteiger partial charge in [-0.2, -0.15) is 0 Å². The molecule has 6 N–H and O–H groups in total. The van der Waals surface area contributed by atoms with Gasteiger partial charge in [-0.3, -0.25) is 0 Å². The van der Waals surface area contributed by atoms with Crippen molar-refractivity contribution < 1.29 is 0 Å². The van der Waals surface area contributed by atoms with Gasteiger partial charge in [-0.15, -0.1) is 0 Å². The molecule has 0 saturated heterocycles. The molecular weight excluding hydrogens is 248 g/mol. The predicted molar refractivity (Wildman–Crippen MR) is 89.8 cm³/mol. The Hall–Kier alpha value is -0.160. The Kier molecular flexibility index (Phi) is 12.5. The monoisotopic (exact) mass is 286 g/mol. The highest BCUT2D eigenvalue weighted by Crippen LogP contribution is 2.20. The molecule has 0 aliphatic rings. The molecule has 0 saturated carbocycles. The molecule has 4 heteroatoms. The number of hydrogen-bond acceptors (Lipinski definition) is 4. The number of rotatable bonds is 13. The van der Waals surface area contributed by atoms with Crippen LogP contribution in [0, 0.1) is 11.8 Å². The van der Waals surface area contributed by atoms with E-state index in [9.17, 15) is 0 Å². The summed E-state index contributed by atoms with van der Waals surface area (Å²) in [6.45, 7) is 12.9. The third-order valence-corrected chi connectivity index (χ3v) is 3.93. The van der Waals surface area contributed by atoms with Gasteiger partial charge in [0.1, 0.15) is 0 Å². The average molecular weight is 287 g/mol. The van der Waals surface area contributed by atoms with Crippen molar-refractivity contribution in [3.63, 3.8) is 0 Å². The molecule has 0 radical (unpaired) electrons. The maximum absolute atomic E-state index is 5.70. The molecule has 0 rings (SSSR count). The molecule has 0 bridgehead atoms. The van der Waals surface area contributed by atoms with Crippen LogP contribution in [0.2, 0.25) is 0 Å². The summed E-state index contributed by atoms with van der Waals surface area (Å²) in [7, 11) is 0. The molecule has 0 amide bonds. The molecule has 0 aliphatic carbocycles. The molecule has 0 fully saturated rings. The summed E-state index contributed by atoms with van der Waals surface area (Å²) in [5.41, 5.74) is 11.4. The van der Waals surface area contributed by atoms with Gasteiger partial charge in [0.2, 0.25) is 0 Å². The van der Waals surface area contributed by atoms with Crippen LogP contribution in [0.15, 0.2) is 0 Å². The summed E-state index contributed by atoms with van der Waals surface area (Å²) in [6.07, 6.45) is 5.11. The van der Waals surface area contributed by atoms with Gasteiger partial charge in [-0.25, -0.2) is 0 Å². The minimum Gasteiger partial charge on any atom is -0.327 e. The lowest BCUT2D eigenvalue weighted by Gasteiger charge is -2.20. The fourth-order valence-corrected chi connectivity index (χ4v) is 2.33. The molecule has 0 spiro atoms. The van der Waals surface area contributed by atoms with Gasteiger partial charge in [0.25, 0.3) is 0 Å². The van der Waals surface area contributed by atoms with Gasteiger partial charge in [0, 0.05) is 25.2 Å². The maximum atomic E-state index is 5.70. The van der Waals surface area contributed by atoms with Crippen molar-refractivity contribution >= 4 is 0 Å². The van der Waals surface area contributed by atoms with Gasteiger partial charge >= 0.3 is 0 Å². The molecule has 0 aromatic heterocycles. The van der Waals surface area contributed by atoms with Crippen LogP contribution in [0.1, 0.15) is 53.4 Å². The van der Waals surface area contributed by atoms with Crippen LogP contribution in [-0.4, -0.2) is 38.3 Å². The second kappa shape index (κ2) is 12.6. The van der Waals surface area contributed by atoms with Gasteiger partial charge in [-0.1, -0.05) is 13.8 Å². The van der Waals surface area contributed by atoms with Crippen LogP contribution in [0.3, 0.4) is 0 Å². The molecule has 4 atom stereocenters. The zero-order valence-electron chi connectivity index (χ0n) is 14.1. The molecule has 0 aliphatic heterocycles. The molecular formula is C16H38N4. The van der Waals surface area contributed by atoms with Crippen molar-refractivity contribution in [2.45, 2.75) is 65.5 Å². The molecule has 4 unspecified atom stereocenters. The third-order valence-electron chi connectivity index (χ3n) is 3.93. The summed E-state index contributed by atoms with van der Waals surface area (Å²) in [4.78, 5) is 0. The van der Waals surface area contributed by atoms with E-state index in [1.54, 1.807) is 0 Å². The van der Waals surface area contributed by atoms with Crippen molar-refractivity contribution in [2.24, 2.45) is 23.3 Å². The largest absolute Gasteiger partial charge is 0.327 e. The molecule has 4 nitrogen and oxygen atoms in total. The van der Waals surface area contributed by atoms with Crippen molar-refractivity contribution in [2.75, 3.05) is 26.2 Å². The first kappa shape index (κ1) is 19.8. The summed E-state index contributed by atoms with van der Waals surface area (Å²) in [5.74, 6) is 1.61. The van der Waals surface area contributed by atoms with Gasteiger partial charge in [0.05, 0.1) is 0 Å². The van der Waals surface area contributed by atoms with Crippen molar-refractivity contribution in [3.8, 4) is 0 Å². The van der Waals surface area contributed by atoms with Crippen molar-refractivity contribution in [1.82, 2.24) is 10.6 Å². The Labute approximate surface area is 126 Å². The molecule has 0 aromatic rings. The third kappa shape index (κ3) is 12.9. The Morgan fingerprint density at radius 2 is 1.05 bits per heavy atom. The lowest BCUT2D eigenvalue weighted by Crippen LogP contribution is -2.32. The lowest BCUT2D eigenvalue weighted by molar-refractivity contribution is 0.326. The Morgan fingerprint density at radius 1 is 0.700 bits per heavy atom. The number of hydrogen-bond donors (Lipinski definition) is 4. The lowest BCUT2D eigenvalue weighted by atomic mass is 9.88. The van der Waals surface area contributed by atoms with Crippen LogP contribution in [-0.2, 0) is 0 Å². The summed E-state index contributed by atoms with van der Waals surface area (Å²) in [6, 6.07) is 0.519. The fraction of sp³-hybridized carbons (Fsp3) is 1.00. The first-order valence-electron chi connectivity index (χ1n) is 8.36. The minimum atomic E-state index is 0.259. The smallest absolute Gasteiger partial charge is 0.0136 e. The standard InChI is InChI=1S/C16H38N4/c1-13(7-5-9-19-11-15(3)17)14(2)8-6-10-20-12-16(4)18/h13-16,19-20H,5-12,17-18H2,1-4H3. The summed E-state index contributed by atoms with van der Waals surface area (Å²) < 4.78 is 0. The van der Waals surface area contributed by atoms with Crippen LogP contribution >= 0.6 is 0 Å². The van der Waals surface area contributed by atoms with E-state index in [0.29, 0.717) is 0 Å². The zero-order chi connectivity index (χ0) is 15.4. The molecule has 0 heterocycles. The quantitative estimate of drug-likeness (QED) is 0.389. The maximum Gasteiger partial charge on any atom is 0.0136 e. The number of nitrogens with one attached hydrogen (secondary N) is 2. The van der Waals surface area contributed by atoms with Gasteiger partial charge in [0.15, 0.2) is 0 Å². The SMILES string of the molecule is CC(N)CNCCCC(C)C(C)CCCNCC(C)N. The van der Waals surface area contributed by atoms with Crippen LogP contribution in [0.4, 0.5) is 0 Å². The zero-order valence-corrected chi connectivity index (χ0v) is 14.1. The second-order valence-electron chi connectivity index (χ2n) is 6.60. The van der Waals surface area contributed by atoms with Crippen molar-refractivity contribution in [1.29, 1.82) is 0 Å². The normalized spacial score (nSPS) is 17.7. The van der Waals surface area contributed by atoms with E-state index in [0.717, 1.165) is 38.0 Å². The van der Waals surface area contributed by atoms with E-state index < -0.39 is 0 Å². The molecule has 20 heavy (non-hydrogen) atoms. The molecule has 122 valence electrons. The summed E-state index contributed by atoms with van der Waals surface area (Å²) >= 11 is 0. The topological polar surface area (TPSA) is 76.1 Å². The second-order valence-corrected chi connectivity index (χ2v) is 6.60. The highest BCUT2D eigenvalue weighted by molar-refractivity contribution is 4.65. The van der Waals surface area contributed by atoms with Crippen molar-refractivity contribution in [3.05, 3.63) is 0 Å². The first-order valence-corrected chi connectivity index (χ1v) is 8.36. The number of nitrogens with two attached hydrogens (primary N) is 2. The highest BCUT2D eigenvalue weighted by atomic mass is 14.9. The van der Waals surface area contributed by atoms with Crippen LogP contribution in [0.25, 0.3) is 0 Å². The van der Waals surface area contributed by atoms with Crippen LogP contribution < -0.4 is 22.1 Å². The minimum absolute atomic E-state index is 0.259. The van der Waals surface area contributed by atoms with E-state index in [4.69, 9.17) is 11.5 Å². The molecule has 0 aromatic carbocycles. The highest BCUT2D eigenvalue weighted by Gasteiger charge is 2.11. The summed E-state index contributed by atoms with van der Waals surface area (Å²) in [5, 5.41) is 6.81. The van der Waals surface area contributed by atoms with Crippen LogP contribution in [0.5, 0.6) is 0 Å². The van der Waals surface area contributed by atoms with E-state index in [-0.39, 0.29) is 12.1 Å². The first-order chi connectivity index (χ1) is 9.43. The Balaban J connectivity index is 3.44. The Morgan fingerprint density at radius 3 is 1.35 bits per heavy atom. The van der Waals surface area contributed by atoms with E-state index in [1.807, 2.05) is 13.8 Å². The van der Waals surface area contributed by atoms with E-state index in [1.165, 1.54) is 25.7 Å². The average Bonchev–Trinajstić information content (AvgIpc) is 2.36. The van der Waals surface area contributed by atoms with Gasteiger partial charge in [-0.05, 0) is 64.5 Å². The Bertz CT molecular complexity index is 185. The van der Waals surface area contributed by atoms with E-state index in [2.05, 4.69) is 24.5 Å².